The van der Waals surface area contributed by atoms with Crippen molar-refractivity contribution in [2.45, 2.75) is 0 Å². The molecule has 0 fully saturated rings. The van der Waals surface area contributed by atoms with Gasteiger partial charge >= 0.3 is 5.97 Å². The summed E-state index contributed by atoms with van der Waals surface area (Å²) in [6.07, 6.45) is 1.30. The highest BCUT2D eigenvalue weighted by atomic mass is 16.4. The van der Waals surface area contributed by atoms with Crippen LogP contribution in [0.3, 0.4) is 0 Å². The van der Waals surface area contributed by atoms with E-state index in [1.165, 1.54) is 23.1 Å². The monoisotopic (exact) mass is 206 g/mol. The van der Waals surface area contributed by atoms with Gasteiger partial charge < -0.3 is 10.2 Å². The van der Waals surface area contributed by atoms with Gasteiger partial charge in [0.1, 0.15) is 17.8 Å². The summed E-state index contributed by atoms with van der Waals surface area (Å²) in [5.74, 6) is -1.30. The Balaban J connectivity index is 2.48. The summed E-state index contributed by atoms with van der Waals surface area (Å²) in [6, 6.07) is 3.92. The molecule has 0 bridgehead atoms. The van der Waals surface area contributed by atoms with E-state index in [0.717, 1.165) is 6.07 Å². The Labute approximate surface area is 83.6 Å². The summed E-state index contributed by atoms with van der Waals surface area (Å²) in [4.78, 5) is 10.6. The summed E-state index contributed by atoms with van der Waals surface area (Å²) < 4.78 is 1.24. The van der Waals surface area contributed by atoms with Gasteiger partial charge in [-0.05, 0) is 28.6 Å². The molecule has 76 valence electrons. The molecule has 2 aromatic rings. The quantitative estimate of drug-likeness (QED) is 0.720. The second kappa shape index (κ2) is 3.37. The molecule has 0 saturated heterocycles. The number of tetrazole rings is 1. The number of benzene rings is 1. The SMILES string of the molecule is O=C(O)c1ccc(-n2cnnn2)c(O)c1. The molecule has 0 unspecified atom stereocenters. The Morgan fingerprint density at radius 1 is 1.40 bits per heavy atom. The minimum Gasteiger partial charge on any atom is -0.506 e. The van der Waals surface area contributed by atoms with Crippen molar-refractivity contribution in [3.63, 3.8) is 0 Å². The number of aromatic carboxylic acids is 1. The van der Waals surface area contributed by atoms with Crippen LogP contribution in [0.15, 0.2) is 24.5 Å². The summed E-state index contributed by atoms with van der Waals surface area (Å²) in [5.41, 5.74) is 0.328. The summed E-state index contributed by atoms with van der Waals surface area (Å²) >= 11 is 0. The van der Waals surface area contributed by atoms with Crippen LogP contribution in [0.2, 0.25) is 0 Å². The summed E-state index contributed by atoms with van der Waals surface area (Å²) in [7, 11) is 0. The normalized spacial score (nSPS) is 10.1. The maximum absolute atomic E-state index is 10.6. The number of phenolic OH excluding ortho intramolecular Hbond substituents is 1. The van der Waals surface area contributed by atoms with Gasteiger partial charge in [0.25, 0.3) is 0 Å². The highest BCUT2D eigenvalue weighted by molar-refractivity contribution is 5.88. The van der Waals surface area contributed by atoms with Crippen molar-refractivity contribution in [3.05, 3.63) is 30.1 Å². The lowest BCUT2D eigenvalue weighted by Crippen LogP contribution is -1.99. The third-order valence-electron chi connectivity index (χ3n) is 1.82. The second-order valence-corrected chi connectivity index (χ2v) is 2.76. The zero-order valence-electron chi connectivity index (χ0n) is 7.40. The Bertz CT molecular complexity index is 495. The number of nitrogens with zero attached hydrogens (tertiary/aromatic N) is 4. The van der Waals surface area contributed by atoms with E-state index in [1.807, 2.05) is 0 Å². The smallest absolute Gasteiger partial charge is 0.335 e. The van der Waals surface area contributed by atoms with Crippen LogP contribution in [0.5, 0.6) is 5.75 Å². The van der Waals surface area contributed by atoms with Crippen LogP contribution in [0, 0.1) is 0 Å². The number of hydrogen-bond donors (Lipinski definition) is 2. The van der Waals surface area contributed by atoms with E-state index in [1.54, 1.807) is 0 Å². The first-order valence-corrected chi connectivity index (χ1v) is 3.98. The van der Waals surface area contributed by atoms with Gasteiger partial charge in [-0.2, -0.15) is 4.68 Å². The Morgan fingerprint density at radius 3 is 2.73 bits per heavy atom. The number of phenols is 1. The minimum atomic E-state index is -1.10. The Kier molecular flexibility index (Phi) is 2.05. The minimum absolute atomic E-state index is 0.00400. The summed E-state index contributed by atoms with van der Waals surface area (Å²) in [5, 5.41) is 28.6. The number of aromatic hydroxyl groups is 1. The molecule has 15 heavy (non-hydrogen) atoms. The predicted molar refractivity (Wildman–Crippen MR) is 47.8 cm³/mol. The van der Waals surface area contributed by atoms with Crippen LogP contribution in [0.1, 0.15) is 10.4 Å². The van der Waals surface area contributed by atoms with Gasteiger partial charge in [-0.3, -0.25) is 0 Å². The van der Waals surface area contributed by atoms with Gasteiger partial charge in [0.2, 0.25) is 0 Å². The first-order valence-electron chi connectivity index (χ1n) is 3.98. The highest BCUT2D eigenvalue weighted by Gasteiger charge is 2.09. The fraction of sp³-hybridized carbons (Fsp3) is 0. The van der Waals surface area contributed by atoms with Crippen LogP contribution in [0.25, 0.3) is 5.69 Å². The average Bonchev–Trinajstić information content (AvgIpc) is 2.70. The molecule has 1 aromatic carbocycles. The molecule has 0 aliphatic heterocycles. The van der Waals surface area contributed by atoms with Crippen molar-refractivity contribution in [2.24, 2.45) is 0 Å². The average molecular weight is 206 g/mol. The van der Waals surface area contributed by atoms with Gasteiger partial charge in [0.15, 0.2) is 0 Å². The van der Waals surface area contributed by atoms with Gasteiger partial charge in [-0.15, -0.1) is 5.10 Å². The van der Waals surface area contributed by atoms with Crippen molar-refractivity contribution < 1.29 is 15.0 Å². The van der Waals surface area contributed by atoms with Gasteiger partial charge in [0, 0.05) is 0 Å². The van der Waals surface area contributed by atoms with E-state index in [9.17, 15) is 9.90 Å². The van der Waals surface area contributed by atoms with Crippen LogP contribution < -0.4 is 0 Å². The molecule has 7 nitrogen and oxygen atoms in total. The Morgan fingerprint density at radius 2 is 2.20 bits per heavy atom. The molecular formula is C8H6N4O3. The van der Waals surface area contributed by atoms with E-state index in [4.69, 9.17) is 5.11 Å². The first kappa shape index (κ1) is 9.13. The molecule has 0 atom stereocenters. The van der Waals surface area contributed by atoms with Crippen molar-refractivity contribution in [1.82, 2.24) is 20.2 Å². The molecule has 1 heterocycles. The van der Waals surface area contributed by atoms with Crippen LogP contribution in [-0.4, -0.2) is 36.4 Å². The van der Waals surface area contributed by atoms with E-state index in [2.05, 4.69) is 15.5 Å². The molecule has 2 N–H and O–H groups in total. The number of carboxylic acids is 1. The third kappa shape index (κ3) is 1.62. The van der Waals surface area contributed by atoms with Crippen LogP contribution >= 0.6 is 0 Å². The van der Waals surface area contributed by atoms with E-state index < -0.39 is 5.97 Å². The number of rotatable bonds is 2. The predicted octanol–water partition coefficient (Wildman–Crippen LogP) is 0.0661. The standard InChI is InChI=1S/C8H6N4O3/c13-7-3-5(8(14)15)1-2-6(7)12-4-9-10-11-12/h1-4,13H,(H,14,15). The van der Waals surface area contributed by atoms with Crippen molar-refractivity contribution in [3.8, 4) is 11.4 Å². The maximum atomic E-state index is 10.6. The molecule has 0 aliphatic rings. The lowest BCUT2D eigenvalue weighted by Gasteiger charge is -2.03. The van der Waals surface area contributed by atoms with Crippen LogP contribution in [0.4, 0.5) is 0 Å². The van der Waals surface area contributed by atoms with E-state index in [0.29, 0.717) is 5.69 Å². The Hall–Kier alpha value is -2.44. The number of aromatic nitrogens is 4. The topological polar surface area (TPSA) is 101 Å². The molecule has 0 aliphatic carbocycles. The van der Waals surface area contributed by atoms with Crippen molar-refractivity contribution in [2.75, 3.05) is 0 Å². The number of carboxylic acid groups (broad SMARTS) is 1. The molecule has 2 rings (SSSR count). The molecular weight excluding hydrogens is 200 g/mol. The lowest BCUT2D eigenvalue weighted by molar-refractivity contribution is 0.0696. The zero-order chi connectivity index (χ0) is 10.8. The molecule has 0 spiro atoms. The lowest BCUT2D eigenvalue weighted by atomic mass is 10.2. The largest absolute Gasteiger partial charge is 0.506 e. The number of carbonyl (C=O) groups is 1. The molecule has 1 aromatic heterocycles. The van der Waals surface area contributed by atoms with Crippen molar-refractivity contribution >= 4 is 5.97 Å². The summed E-state index contributed by atoms with van der Waals surface area (Å²) in [6.45, 7) is 0. The van der Waals surface area contributed by atoms with Crippen LogP contribution in [-0.2, 0) is 0 Å². The van der Waals surface area contributed by atoms with Gasteiger partial charge in [-0.1, -0.05) is 0 Å². The van der Waals surface area contributed by atoms with Crippen molar-refractivity contribution in [1.29, 1.82) is 0 Å². The molecule has 7 heteroatoms. The van der Waals surface area contributed by atoms with Gasteiger partial charge in [0.05, 0.1) is 5.56 Å². The fourth-order valence-corrected chi connectivity index (χ4v) is 1.12. The zero-order valence-corrected chi connectivity index (χ0v) is 7.40. The third-order valence-corrected chi connectivity index (χ3v) is 1.82. The molecule has 0 radical (unpaired) electrons. The first-order chi connectivity index (χ1) is 7.18. The molecule has 0 saturated carbocycles. The van der Waals surface area contributed by atoms with Gasteiger partial charge in [-0.25, -0.2) is 4.79 Å². The number of hydrogen-bond acceptors (Lipinski definition) is 5. The van der Waals surface area contributed by atoms with E-state index >= 15 is 0 Å². The second-order valence-electron chi connectivity index (χ2n) is 2.76. The maximum Gasteiger partial charge on any atom is 0.335 e. The van der Waals surface area contributed by atoms with E-state index in [-0.39, 0.29) is 11.3 Å². The molecule has 0 amide bonds. The highest BCUT2D eigenvalue weighted by Crippen LogP contribution is 2.21. The fourth-order valence-electron chi connectivity index (χ4n) is 1.12.